The molecule has 0 spiro atoms. The first-order valence-corrected chi connectivity index (χ1v) is 10.6. The van der Waals surface area contributed by atoms with E-state index in [1.54, 1.807) is 43.3 Å². The molecule has 0 atom stereocenters. The minimum Gasteiger partial charge on any atom is -0.353 e. The monoisotopic (exact) mass is 416 g/mol. The predicted octanol–water partition coefficient (Wildman–Crippen LogP) is 1.03. The molecule has 0 unspecified atom stereocenters. The Bertz CT molecular complexity index is 1210. The lowest BCUT2D eigenvalue weighted by Gasteiger charge is -2.10. The zero-order valence-electron chi connectivity index (χ0n) is 16.6. The minimum absolute atomic E-state index is 0.0259. The molecule has 154 valence electrons. The molecule has 0 saturated heterocycles. The van der Waals surface area contributed by atoms with E-state index in [4.69, 9.17) is 0 Å². The Balaban J connectivity index is 2.06. The van der Waals surface area contributed by atoms with E-state index in [0.29, 0.717) is 18.6 Å². The van der Waals surface area contributed by atoms with Crippen LogP contribution < -0.4 is 11.0 Å². The van der Waals surface area contributed by atoms with Crippen molar-refractivity contribution >= 4 is 27.0 Å². The van der Waals surface area contributed by atoms with E-state index >= 15 is 0 Å². The number of aryl methyl sites for hydroxylation is 1. The van der Waals surface area contributed by atoms with Crippen LogP contribution in [0.3, 0.4) is 0 Å². The van der Waals surface area contributed by atoms with Crippen LogP contribution in [0.4, 0.5) is 0 Å². The Hall–Kier alpha value is -2.91. The van der Waals surface area contributed by atoms with Gasteiger partial charge in [0.15, 0.2) is 0 Å². The summed E-state index contributed by atoms with van der Waals surface area (Å²) >= 11 is 0. The molecule has 3 aromatic rings. The summed E-state index contributed by atoms with van der Waals surface area (Å²) in [5.41, 5.74) is 0.621. The molecular formula is C20H24N4O4S. The van der Waals surface area contributed by atoms with Crippen molar-refractivity contribution < 1.29 is 13.2 Å². The largest absolute Gasteiger partial charge is 0.353 e. The van der Waals surface area contributed by atoms with Crippen molar-refractivity contribution in [2.24, 2.45) is 0 Å². The van der Waals surface area contributed by atoms with Crippen molar-refractivity contribution in [2.45, 2.75) is 18.4 Å². The zero-order valence-corrected chi connectivity index (χ0v) is 17.4. The molecule has 1 amide bonds. The molecule has 0 radical (unpaired) electrons. The number of imidazole rings is 1. The first-order chi connectivity index (χ1) is 13.7. The van der Waals surface area contributed by atoms with Crippen molar-refractivity contribution in [2.75, 3.05) is 27.2 Å². The zero-order chi connectivity index (χ0) is 21.2. The summed E-state index contributed by atoms with van der Waals surface area (Å²) in [7, 11) is -0.338. The van der Waals surface area contributed by atoms with Crippen molar-refractivity contribution in [1.82, 2.24) is 18.8 Å². The molecule has 0 aliphatic carbocycles. The average Bonchev–Trinajstić information content (AvgIpc) is 2.94. The number of nitrogens with one attached hydrogen (secondary N) is 1. The van der Waals surface area contributed by atoms with Crippen LogP contribution in [-0.2, 0) is 21.4 Å². The number of aromatic nitrogens is 2. The first-order valence-electron chi connectivity index (χ1n) is 9.16. The molecule has 1 aromatic heterocycles. The number of hydrogen-bond donors (Lipinski definition) is 1. The average molecular weight is 417 g/mol. The standard InChI is InChI=1S/C20H24N4O4S/c1-15-7-6-8-16(13-15)29(27,28)24-18-10-5-4-9-17(18)23(20(24)26)14-19(25)21-11-12-22(2)3/h4-10,13H,11-12,14H2,1-3H3,(H,21,25). The van der Waals surface area contributed by atoms with Crippen LogP contribution in [0.15, 0.2) is 58.2 Å². The molecule has 0 saturated carbocycles. The van der Waals surface area contributed by atoms with Crippen LogP contribution in [0.5, 0.6) is 0 Å². The molecule has 1 heterocycles. The fourth-order valence-electron chi connectivity index (χ4n) is 3.06. The van der Waals surface area contributed by atoms with Gasteiger partial charge in [-0.2, -0.15) is 3.97 Å². The Kier molecular flexibility index (Phi) is 5.90. The molecule has 1 N–H and O–H groups in total. The van der Waals surface area contributed by atoms with E-state index in [1.807, 2.05) is 19.0 Å². The minimum atomic E-state index is -4.12. The highest BCUT2D eigenvalue weighted by Gasteiger charge is 2.25. The summed E-state index contributed by atoms with van der Waals surface area (Å²) in [5.74, 6) is -0.357. The number of carbonyl (C=O) groups is 1. The summed E-state index contributed by atoms with van der Waals surface area (Å²) in [6.45, 7) is 2.61. The molecule has 3 rings (SSSR count). The smallest absolute Gasteiger partial charge is 0.343 e. The third-order valence-electron chi connectivity index (χ3n) is 4.51. The Morgan fingerprint density at radius 2 is 1.76 bits per heavy atom. The van der Waals surface area contributed by atoms with Gasteiger partial charge in [0, 0.05) is 13.1 Å². The van der Waals surface area contributed by atoms with Crippen LogP contribution in [0.2, 0.25) is 0 Å². The highest BCUT2D eigenvalue weighted by Crippen LogP contribution is 2.20. The van der Waals surface area contributed by atoms with Crippen molar-refractivity contribution in [3.63, 3.8) is 0 Å². The van der Waals surface area contributed by atoms with E-state index in [1.165, 1.54) is 16.7 Å². The number of benzene rings is 2. The first kappa shape index (κ1) is 20.8. The lowest BCUT2D eigenvalue weighted by atomic mass is 10.2. The second kappa shape index (κ2) is 8.22. The van der Waals surface area contributed by atoms with Gasteiger partial charge >= 0.3 is 5.69 Å². The second-order valence-electron chi connectivity index (χ2n) is 7.10. The van der Waals surface area contributed by atoms with Gasteiger partial charge in [-0.1, -0.05) is 24.3 Å². The van der Waals surface area contributed by atoms with E-state index in [2.05, 4.69) is 5.32 Å². The number of likely N-dealkylation sites (N-methyl/N-ethyl adjacent to an activating group) is 1. The summed E-state index contributed by atoms with van der Waals surface area (Å²) in [6, 6.07) is 12.9. The van der Waals surface area contributed by atoms with E-state index < -0.39 is 15.7 Å². The van der Waals surface area contributed by atoms with E-state index in [9.17, 15) is 18.0 Å². The van der Waals surface area contributed by atoms with Gasteiger partial charge in [0.25, 0.3) is 10.0 Å². The number of amides is 1. The maximum absolute atomic E-state index is 13.2. The molecule has 9 heteroatoms. The van der Waals surface area contributed by atoms with Crippen LogP contribution >= 0.6 is 0 Å². The lowest BCUT2D eigenvalue weighted by Crippen LogP contribution is -2.37. The fourth-order valence-corrected chi connectivity index (χ4v) is 4.58. The van der Waals surface area contributed by atoms with Gasteiger partial charge in [0.1, 0.15) is 6.54 Å². The third kappa shape index (κ3) is 4.25. The Morgan fingerprint density at radius 1 is 1.07 bits per heavy atom. The maximum Gasteiger partial charge on any atom is 0.343 e. The summed E-state index contributed by atoms with van der Waals surface area (Å²) in [6.07, 6.45) is 0. The SMILES string of the molecule is Cc1cccc(S(=O)(=O)n2c(=O)n(CC(=O)NCCN(C)C)c3ccccc32)c1. The summed E-state index contributed by atoms with van der Waals surface area (Å²) < 4.78 is 28.4. The number of rotatable bonds is 7. The normalized spacial score (nSPS) is 11.9. The van der Waals surface area contributed by atoms with Gasteiger partial charge in [0.2, 0.25) is 5.91 Å². The van der Waals surface area contributed by atoms with Crippen molar-refractivity contribution in [1.29, 1.82) is 0 Å². The molecule has 0 aliphatic rings. The van der Waals surface area contributed by atoms with Crippen LogP contribution in [-0.4, -0.2) is 54.9 Å². The van der Waals surface area contributed by atoms with E-state index in [-0.39, 0.29) is 22.9 Å². The second-order valence-corrected chi connectivity index (χ2v) is 8.88. The molecule has 0 aliphatic heterocycles. The van der Waals surface area contributed by atoms with Gasteiger partial charge in [-0.05, 0) is 50.8 Å². The molecule has 0 bridgehead atoms. The van der Waals surface area contributed by atoms with E-state index in [0.717, 1.165) is 9.54 Å². The number of carbonyl (C=O) groups excluding carboxylic acids is 1. The lowest BCUT2D eigenvalue weighted by molar-refractivity contribution is -0.121. The predicted molar refractivity (Wildman–Crippen MR) is 112 cm³/mol. The highest BCUT2D eigenvalue weighted by atomic mass is 32.2. The highest BCUT2D eigenvalue weighted by molar-refractivity contribution is 7.90. The molecule has 2 aromatic carbocycles. The van der Waals surface area contributed by atoms with Gasteiger partial charge < -0.3 is 10.2 Å². The number of hydrogen-bond acceptors (Lipinski definition) is 5. The molecule has 29 heavy (non-hydrogen) atoms. The molecular weight excluding hydrogens is 392 g/mol. The summed E-state index contributed by atoms with van der Waals surface area (Å²) in [4.78, 5) is 27.3. The van der Waals surface area contributed by atoms with Crippen molar-refractivity contribution in [3.05, 3.63) is 64.6 Å². The summed E-state index contributed by atoms with van der Waals surface area (Å²) in [5, 5.41) is 2.74. The number of para-hydroxylation sites is 2. The fraction of sp³-hybridized carbons (Fsp3) is 0.300. The quantitative estimate of drug-likeness (QED) is 0.621. The molecule has 0 fully saturated rings. The van der Waals surface area contributed by atoms with Crippen LogP contribution in [0.25, 0.3) is 11.0 Å². The Morgan fingerprint density at radius 3 is 2.41 bits per heavy atom. The topological polar surface area (TPSA) is 93.4 Å². The van der Waals surface area contributed by atoms with Gasteiger partial charge in [0.05, 0.1) is 15.9 Å². The number of fused-ring (bicyclic) bond motifs is 1. The third-order valence-corrected chi connectivity index (χ3v) is 6.19. The van der Waals surface area contributed by atoms with Crippen LogP contribution in [0.1, 0.15) is 5.56 Å². The maximum atomic E-state index is 13.2. The number of nitrogens with zero attached hydrogens (tertiary/aromatic N) is 3. The van der Waals surface area contributed by atoms with Gasteiger partial charge in [-0.25, -0.2) is 13.2 Å². The van der Waals surface area contributed by atoms with Gasteiger partial charge in [-0.15, -0.1) is 0 Å². The molecule has 8 nitrogen and oxygen atoms in total. The van der Waals surface area contributed by atoms with Crippen LogP contribution in [0, 0.1) is 6.92 Å². The van der Waals surface area contributed by atoms with Gasteiger partial charge in [-0.3, -0.25) is 9.36 Å². The van der Waals surface area contributed by atoms with Crippen molar-refractivity contribution in [3.8, 4) is 0 Å². The Labute approximate surface area is 169 Å².